The van der Waals surface area contributed by atoms with E-state index >= 15 is 0 Å². The molecular weight excluding hydrogens is 472 g/mol. The van der Waals surface area contributed by atoms with Gasteiger partial charge in [0, 0.05) is 68.3 Å². The van der Waals surface area contributed by atoms with Crippen LogP contribution in [0.2, 0.25) is 0 Å². The fourth-order valence-corrected chi connectivity index (χ4v) is 0. The second kappa shape index (κ2) is 1210. The molecule has 0 aliphatic carbocycles. The topological polar surface area (TPSA) is 157 Å². The zero-order valence-electron chi connectivity index (χ0n) is 6.62. The molecule has 0 heterocycles. The van der Waals surface area contributed by atoms with Gasteiger partial charge in [0.25, 0.3) is 0 Å². The van der Waals surface area contributed by atoms with Crippen LogP contribution in [0.5, 0.6) is 0 Å². The van der Waals surface area contributed by atoms with E-state index in [0.717, 1.165) is 0 Å². The van der Waals surface area contributed by atoms with E-state index in [-0.39, 0.29) is 122 Å². The van der Waals surface area contributed by atoms with Crippen molar-refractivity contribution in [2.75, 3.05) is 0 Å². The molecule has 8 nitrogen and oxygen atoms in total. The van der Waals surface area contributed by atoms with Gasteiger partial charge in [0.2, 0.25) is 0 Å². The van der Waals surface area contributed by atoms with Gasteiger partial charge in [0.05, 0.1) is 0 Å². The molecule has 0 saturated carbocycles. The summed E-state index contributed by atoms with van der Waals surface area (Å²) >= 11 is 0. The Bertz CT molecular complexity index is 40.0. The molecule has 0 saturated heterocycles. The van der Waals surface area contributed by atoms with Gasteiger partial charge in [-0.05, 0) is 0 Å². The van der Waals surface area contributed by atoms with Crippen molar-refractivity contribution in [3.8, 4) is 0 Å². The van der Waals surface area contributed by atoms with Crippen molar-refractivity contribution in [1.82, 2.24) is 0 Å². The molecule has 0 unspecified atom stereocenters. The average molecular weight is 476 g/mol. The summed E-state index contributed by atoms with van der Waals surface area (Å²) < 4.78 is 0. The second-order valence-electron chi connectivity index (χ2n) is 0. The van der Waals surface area contributed by atoms with Gasteiger partial charge in [0.15, 0.2) is 0 Å². The van der Waals surface area contributed by atoms with Gasteiger partial charge >= 0.3 is 0 Å². The fourth-order valence-electron chi connectivity index (χ4n) is 0. The quantitative estimate of drug-likeness (QED) is 0.273. The summed E-state index contributed by atoms with van der Waals surface area (Å²) in [6, 6.07) is 0. The molecule has 0 aromatic heterocycles. The largest absolute Gasteiger partial charge is 0.813 e. The predicted molar refractivity (Wildman–Crippen MR) is 61.9 cm³/mol. The Balaban J connectivity index is -0.00000000114. The van der Waals surface area contributed by atoms with Crippen molar-refractivity contribution >= 4 is 54.0 Å². The van der Waals surface area contributed by atoms with E-state index in [1.165, 1.54) is 0 Å². The third-order valence-corrected chi connectivity index (χ3v) is 0. The van der Waals surface area contributed by atoms with Crippen molar-refractivity contribution in [3.05, 3.63) is 42.0 Å². The number of thiol groups is 4. The van der Waals surface area contributed by atoms with Crippen molar-refractivity contribution < 1.29 is 68.3 Å². The minimum atomic E-state index is 0. The van der Waals surface area contributed by atoms with E-state index in [4.69, 9.17) is 42.0 Å². The van der Waals surface area contributed by atoms with Crippen molar-refractivity contribution in [1.29, 1.82) is 0 Å². The Kier molecular flexibility index (Phi) is 11100. The summed E-state index contributed by atoms with van der Waals surface area (Å²) in [7, 11) is 0. The summed E-state index contributed by atoms with van der Waals surface area (Å²) in [6.07, 6.45) is 0. The van der Waals surface area contributed by atoms with Crippen LogP contribution in [0, 0.1) is 19.6 Å². The summed E-state index contributed by atoms with van der Waals surface area (Å²) in [4.78, 5) is 29.0. The Labute approximate surface area is 162 Å². The van der Waals surface area contributed by atoms with Crippen LogP contribution < -0.4 is 0 Å². The van der Waals surface area contributed by atoms with E-state index in [9.17, 15) is 0 Å². The summed E-state index contributed by atoms with van der Waals surface area (Å²) in [5, 5.41) is 0. The van der Waals surface area contributed by atoms with Gasteiger partial charge < -0.3 is 96.0 Å². The zero-order chi connectivity index (χ0) is 8.00. The second-order valence-corrected chi connectivity index (χ2v) is 0. The minimum Gasteiger partial charge on any atom is -0.813 e. The van der Waals surface area contributed by atoms with Crippen LogP contribution in [0.15, 0.2) is 0 Å². The van der Waals surface area contributed by atoms with Crippen molar-refractivity contribution in [3.63, 3.8) is 0 Å². The van der Waals surface area contributed by atoms with Gasteiger partial charge in [-0.15, -0.1) is 0 Å². The monoisotopic (exact) mass is 476 g/mol. The normalized spacial score (nSPS) is 1.00. The van der Waals surface area contributed by atoms with Gasteiger partial charge in [0.1, 0.15) is 0 Å². The molecule has 0 radical (unpaired) electrons. The maximum Gasteiger partial charge on any atom is 0 e. The van der Waals surface area contributed by atoms with Crippen LogP contribution >= 0.6 is 0 Å². The molecular formula is H4Fe4N4O4S4-8. The first-order valence-electron chi connectivity index (χ1n) is 0.730. The molecule has 0 aromatic rings. The summed E-state index contributed by atoms with van der Waals surface area (Å²) in [5.41, 5.74) is 23.0. The van der Waals surface area contributed by atoms with E-state index in [0.29, 0.717) is 0 Å². The Hall–Kier alpha value is 1.88. The number of rotatable bonds is 0. The van der Waals surface area contributed by atoms with Crippen molar-refractivity contribution in [2.24, 2.45) is 0 Å². The molecule has 112 valence electrons. The maximum absolute atomic E-state index is 7.25. The van der Waals surface area contributed by atoms with Gasteiger partial charge in [-0.3, -0.25) is 0 Å². The standard InChI is InChI=1S/4Fe.4NO.4H2S/c;;;;4*1-2;;;;/h;;;;;;;;4*1H2/q;;;;4*-1;;;;/p-4. The summed E-state index contributed by atoms with van der Waals surface area (Å²) in [5.74, 6) is 0. The Morgan fingerprint density at radius 2 is 0.312 bits per heavy atom. The summed E-state index contributed by atoms with van der Waals surface area (Å²) in [6.45, 7) is 0. The Morgan fingerprint density at radius 3 is 0.312 bits per heavy atom. The predicted octanol–water partition coefficient (Wildman–Crippen LogP) is 0.198. The van der Waals surface area contributed by atoms with Crippen LogP contribution in [0.3, 0.4) is 0 Å². The third kappa shape index (κ3) is 997. The SMILES string of the molecule is [Fe].[Fe].[Fe].[Fe].[N-]=O.[N-]=O.[N-]=O.[N-]=O.[SH-].[SH-].[SH-].[SH-]. The number of hydrogen-bond donors (Lipinski definition) is 0. The molecule has 16 heavy (non-hydrogen) atoms. The smallest absolute Gasteiger partial charge is 0 e. The van der Waals surface area contributed by atoms with Crippen LogP contribution in [0.1, 0.15) is 0 Å². The molecule has 0 aliphatic rings. The zero-order valence-corrected chi connectivity index (χ0v) is 14.6. The van der Waals surface area contributed by atoms with Crippen molar-refractivity contribution in [2.45, 2.75) is 0 Å². The molecule has 0 amide bonds. The molecule has 0 rings (SSSR count). The Morgan fingerprint density at radius 1 is 0.312 bits per heavy atom. The van der Waals surface area contributed by atoms with Gasteiger partial charge in [-0.1, -0.05) is 0 Å². The number of hydrogen-bond acceptors (Lipinski definition) is 8. The number of nitrogens with zero attached hydrogens (tertiary/aromatic N) is 4. The first-order valence-corrected chi connectivity index (χ1v) is 0.730. The molecule has 0 spiro atoms. The molecule has 0 aliphatic heterocycles. The molecule has 0 atom stereocenters. The van der Waals surface area contributed by atoms with Crippen LogP contribution in [-0.4, -0.2) is 0 Å². The van der Waals surface area contributed by atoms with Crippen LogP contribution in [0.4, 0.5) is 0 Å². The molecule has 16 heteroatoms. The average Bonchev–Trinajstić information content (AvgIpc) is 2.03. The maximum atomic E-state index is 7.25. The van der Waals surface area contributed by atoms with Crippen LogP contribution in [-0.2, 0) is 122 Å². The van der Waals surface area contributed by atoms with E-state index in [1.54, 1.807) is 0 Å². The molecule has 0 fully saturated rings. The van der Waals surface area contributed by atoms with E-state index in [1.807, 2.05) is 0 Å². The third-order valence-electron chi connectivity index (χ3n) is 0. The minimum absolute atomic E-state index is 0. The van der Waals surface area contributed by atoms with Gasteiger partial charge in [-0.2, -0.15) is 0 Å². The van der Waals surface area contributed by atoms with E-state index in [2.05, 4.69) is 0 Å². The fraction of sp³-hybridized carbons (Fsp3) is 0. The first-order chi connectivity index (χ1) is 4.00. The van der Waals surface area contributed by atoms with Crippen LogP contribution in [0.25, 0.3) is 22.4 Å². The van der Waals surface area contributed by atoms with E-state index < -0.39 is 0 Å². The van der Waals surface area contributed by atoms with Gasteiger partial charge in [-0.25, -0.2) is 0 Å². The number of nitroso groups, excluding NO2 is 4. The molecule has 0 aromatic carbocycles. The molecule has 0 bridgehead atoms. The first kappa shape index (κ1) is 147. The molecule has 0 N–H and O–H groups in total.